The van der Waals surface area contributed by atoms with Crippen molar-refractivity contribution < 1.29 is 19.1 Å². The van der Waals surface area contributed by atoms with Crippen LogP contribution in [-0.2, 0) is 14.9 Å². The molecule has 4 rings (SSSR count). The standard InChI is InChI=1S/C28H32ClNO4/c1-27(2,3)34-26(32)12-15-30-16-13-28(14-17-30)19-33-25-18-21(8-10-22(25)28)24(31)11-9-20-6-4-5-7-23(20)29/h4-11,18H,12-17,19H2,1-3H3. The van der Waals surface area contributed by atoms with Crippen molar-refractivity contribution >= 4 is 29.4 Å². The van der Waals surface area contributed by atoms with E-state index in [-0.39, 0.29) is 17.2 Å². The Morgan fingerprint density at radius 2 is 1.88 bits per heavy atom. The predicted octanol–water partition coefficient (Wildman–Crippen LogP) is 5.69. The van der Waals surface area contributed by atoms with Gasteiger partial charge in [0.15, 0.2) is 5.78 Å². The molecule has 0 unspecified atom stereocenters. The van der Waals surface area contributed by atoms with Crippen molar-refractivity contribution in [2.24, 2.45) is 0 Å². The number of allylic oxidation sites excluding steroid dienone is 1. The van der Waals surface area contributed by atoms with Crippen LogP contribution in [0.5, 0.6) is 5.75 Å². The Labute approximate surface area is 206 Å². The second kappa shape index (κ2) is 9.93. The van der Waals surface area contributed by atoms with Crippen molar-refractivity contribution in [2.75, 3.05) is 26.2 Å². The second-order valence-corrected chi connectivity index (χ2v) is 10.6. The lowest BCUT2D eigenvalue weighted by atomic mass is 9.74. The molecule has 2 aliphatic rings. The summed E-state index contributed by atoms with van der Waals surface area (Å²) in [6.45, 7) is 8.84. The van der Waals surface area contributed by atoms with E-state index in [1.54, 1.807) is 18.2 Å². The molecular formula is C28H32ClNO4. The van der Waals surface area contributed by atoms with Crippen molar-refractivity contribution in [3.63, 3.8) is 0 Å². The monoisotopic (exact) mass is 481 g/mol. The number of hydrogen-bond acceptors (Lipinski definition) is 5. The molecule has 0 radical (unpaired) electrons. The van der Waals surface area contributed by atoms with E-state index in [2.05, 4.69) is 11.0 Å². The zero-order valence-electron chi connectivity index (χ0n) is 20.1. The molecule has 2 aliphatic heterocycles. The summed E-state index contributed by atoms with van der Waals surface area (Å²) in [5, 5.41) is 0.614. The van der Waals surface area contributed by atoms with Crippen LogP contribution in [0.2, 0.25) is 5.02 Å². The SMILES string of the molecule is CC(C)(C)OC(=O)CCN1CCC2(CC1)COc1cc(C(=O)C=Cc3ccccc3Cl)ccc12. The van der Waals surface area contributed by atoms with Gasteiger partial charge < -0.3 is 14.4 Å². The smallest absolute Gasteiger partial charge is 0.307 e. The summed E-state index contributed by atoms with van der Waals surface area (Å²) in [4.78, 5) is 27.1. The van der Waals surface area contributed by atoms with Crippen LogP contribution in [0, 0.1) is 0 Å². The van der Waals surface area contributed by atoms with Gasteiger partial charge in [-0.1, -0.05) is 41.9 Å². The van der Waals surface area contributed by atoms with Crippen molar-refractivity contribution in [3.05, 3.63) is 70.3 Å². The molecule has 2 heterocycles. The number of fused-ring (bicyclic) bond motifs is 2. The number of nitrogens with zero attached hydrogens (tertiary/aromatic N) is 1. The summed E-state index contributed by atoms with van der Waals surface area (Å²) in [7, 11) is 0. The molecule has 1 spiro atoms. The minimum atomic E-state index is -0.446. The molecule has 0 aliphatic carbocycles. The van der Waals surface area contributed by atoms with E-state index in [9.17, 15) is 9.59 Å². The van der Waals surface area contributed by atoms with Crippen molar-refractivity contribution in [2.45, 2.75) is 51.0 Å². The van der Waals surface area contributed by atoms with Gasteiger partial charge in [0, 0.05) is 28.1 Å². The van der Waals surface area contributed by atoms with Crippen LogP contribution in [0.15, 0.2) is 48.5 Å². The minimum Gasteiger partial charge on any atom is -0.492 e. The van der Waals surface area contributed by atoms with E-state index in [4.69, 9.17) is 21.1 Å². The summed E-state index contributed by atoms with van der Waals surface area (Å²) < 4.78 is 11.5. The Bertz CT molecular complexity index is 1090. The maximum atomic E-state index is 12.7. The Kier molecular flexibility index (Phi) is 7.15. The third kappa shape index (κ3) is 5.70. The number of rotatable bonds is 6. The Balaban J connectivity index is 1.36. The quantitative estimate of drug-likeness (QED) is 0.301. The Morgan fingerprint density at radius 3 is 2.59 bits per heavy atom. The number of piperidine rings is 1. The topological polar surface area (TPSA) is 55.8 Å². The number of ether oxygens (including phenoxy) is 2. The molecule has 34 heavy (non-hydrogen) atoms. The lowest BCUT2D eigenvalue weighted by molar-refractivity contribution is -0.155. The molecule has 0 bridgehead atoms. The second-order valence-electron chi connectivity index (χ2n) is 10.2. The van der Waals surface area contributed by atoms with E-state index in [0.717, 1.165) is 37.2 Å². The molecular weight excluding hydrogens is 450 g/mol. The van der Waals surface area contributed by atoms with Gasteiger partial charge >= 0.3 is 5.97 Å². The van der Waals surface area contributed by atoms with Crippen molar-refractivity contribution in [3.8, 4) is 5.75 Å². The highest BCUT2D eigenvalue weighted by molar-refractivity contribution is 6.32. The van der Waals surface area contributed by atoms with Crippen LogP contribution in [0.25, 0.3) is 6.08 Å². The third-order valence-electron chi connectivity index (χ3n) is 6.53. The first-order valence-corrected chi connectivity index (χ1v) is 12.2. The number of benzene rings is 2. The van der Waals surface area contributed by atoms with Crippen LogP contribution in [0.1, 0.15) is 61.5 Å². The van der Waals surface area contributed by atoms with E-state index >= 15 is 0 Å². The first kappa shape index (κ1) is 24.5. The number of carbonyl (C=O) groups is 2. The zero-order chi connectivity index (χ0) is 24.3. The van der Waals surface area contributed by atoms with Crippen LogP contribution in [0.4, 0.5) is 0 Å². The van der Waals surface area contributed by atoms with Crippen LogP contribution in [-0.4, -0.2) is 48.5 Å². The van der Waals surface area contributed by atoms with Gasteiger partial charge in [0.2, 0.25) is 0 Å². The predicted molar refractivity (Wildman–Crippen MR) is 135 cm³/mol. The van der Waals surface area contributed by atoms with Gasteiger partial charge in [-0.15, -0.1) is 0 Å². The fourth-order valence-corrected chi connectivity index (χ4v) is 4.86. The van der Waals surface area contributed by atoms with Gasteiger partial charge in [-0.05, 0) is 76.6 Å². The molecule has 5 nitrogen and oxygen atoms in total. The molecule has 2 aromatic carbocycles. The molecule has 1 saturated heterocycles. The maximum absolute atomic E-state index is 12.7. The van der Waals surface area contributed by atoms with Gasteiger partial charge in [0.05, 0.1) is 13.0 Å². The van der Waals surface area contributed by atoms with E-state index in [1.165, 1.54) is 5.56 Å². The molecule has 2 aromatic rings. The maximum Gasteiger partial charge on any atom is 0.307 e. The first-order chi connectivity index (χ1) is 16.2. The van der Waals surface area contributed by atoms with Crippen molar-refractivity contribution in [1.82, 2.24) is 4.90 Å². The number of likely N-dealkylation sites (tertiary alicyclic amines) is 1. The molecule has 0 aromatic heterocycles. The largest absolute Gasteiger partial charge is 0.492 e. The number of hydrogen-bond donors (Lipinski definition) is 0. The highest BCUT2D eigenvalue weighted by Gasteiger charge is 2.43. The molecule has 0 amide bonds. The van der Waals surface area contributed by atoms with Gasteiger partial charge in [0.1, 0.15) is 11.4 Å². The Morgan fingerprint density at radius 1 is 1.15 bits per heavy atom. The molecule has 180 valence electrons. The average Bonchev–Trinajstić information content (AvgIpc) is 3.14. The summed E-state index contributed by atoms with van der Waals surface area (Å²) >= 11 is 6.17. The van der Waals surface area contributed by atoms with Crippen LogP contribution >= 0.6 is 11.6 Å². The number of ketones is 1. The van der Waals surface area contributed by atoms with Gasteiger partial charge in [0.25, 0.3) is 0 Å². The number of carbonyl (C=O) groups excluding carboxylic acids is 2. The summed E-state index contributed by atoms with van der Waals surface area (Å²) in [6, 6.07) is 13.2. The van der Waals surface area contributed by atoms with Gasteiger partial charge in [-0.25, -0.2) is 0 Å². The summed E-state index contributed by atoms with van der Waals surface area (Å²) in [5.74, 6) is 0.576. The number of halogens is 1. The van der Waals surface area contributed by atoms with Gasteiger partial charge in [-0.2, -0.15) is 0 Å². The molecule has 6 heteroatoms. The minimum absolute atomic E-state index is 0.0211. The van der Waals surface area contributed by atoms with E-state index in [1.807, 2.05) is 51.1 Å². The first-order valence-electron chi connectivity index (χ1n) is 11.8. The van der Waals surface area contributed by atoms with E-state index < -0.39 is 5.60 Å². The average molecular weight is 482 g/mol. The zero-order valence-corrected chi connectivity index (χ0v) is 20.9. The molecule has 0 atom stereocenters. The highest BCUT2D eigenvalue weighted by atomic mass is 35.5. The van der Waals surface area contributed by atoms with Crippen molar-refractivity contribution in [1.29, 1.82) is 0 Å². The van der Waals surface area contributed by atoms with Crippen LogP contribution < -0.4 is 4.74 Å². The number of esters is 1. The Hall–Kier alpha value is -2.63. The van der Waals surface area contributed by atoms with Gasteiger partial charge in [-0.3, -0.25) is 9.59 Å². The lowest BCUT2D eigenvalue weighted by Gasteiger charge is -2.38. The third-order valence-corrected chi connectivity index (χ3v) is 6.87. The lowest BCUT2D eigenvalue weighted by Crippen LogP contribution is -2.44. The summed E-state index contributed by atoms with van der Waals surface area (Å²) in [5.41, 5.74) is 2.14. The molecule has 0 saturated carbocycles. The normalized spacial score (nSPS) is 17.5. The molecule has 1 fully saturated rings. The highest BCUT2D eigenvalue weighted by Crippen LogP contribution is 2.45. The summed E-state index contributed by atoms with van der Waals surface area (Å²) in [6.07, 6.45) is 5.64. The van der Waals surface area contributed by atoms with Crippen LogP contribution in [0.3, 0.4) is 0 Å². The fraction of sp³-hybridized carbons (Fsp3) is 0.429. The van der Waals surface area contributed by atoms with E-state index in [0.29, 0.717) is 30.2 Å². The fourth-order valence-electron chi connectivity index (χ4n) is 4.66. The molecule has 0 N–H and O–H groups in total.